The maximum atomic E-state index is 4.53. The topological polar surface area (TPSA) is 25.2 Å². The van der Waals surface area contributed by atoms with Gasteiger partial charge in [0.15, 0.2) is 0 Å². The predicted molar refractivity (Wildman–Crippen MR) is 62.4 cm³/mol. The molecule has 2 heteroatoms. The lowest BCUT2D eigenvalue weighted by Gasteiger charge is -1.97. The molecule has 0 N–H and O–H groups in total. The van der Waals surface area contributed by atoms with Crippen LogP contribution >= 0.6 is 0 Å². The maximum Gasteiger partial charge on any atom is 0.0815 e. The van der Waals surface area contributed by atoms with Gasteiger partial charge in [-0.1, -0.05) is 24.3 Å². The van der Waals surface area contributed by atoms with Gasteiger partial charge in [-0.25, -0.2) is 4.98 Å². The summed E-state index contributed by atoms with van der Waals surface area (Å²) in [4.78, 5) is 8.95. The second kappa shape index (κ2) is 3.46. The molecular formula is C13H12N2. The van der Waals surface area contributed by atoms with E-state index in [-0.39, 0.29) is 0 Å². The summed E-state index contributed by atoms with van der Waals surface area (Å²) in [7, 11) is 0. The molecule has 0 atom stereocenters. The zero-order valence-electron chi connectivity index (χ0n) is 8.43. The van der Waals surface area contributed by atoms with Crippen molar-refractivity contribution in [2.24, 2.45) is 4.99 Å². The van der Waals surface area contributed by atoms with Gasteiger partial charge in [-0.2, -0.15) is 0 Å². The molecule has 0 spiro atoms. The number of aromatic nitrogens is 1. The molecule has 0 unspecified atom stereocenters. The molecule has 1 saturated carbocycles. The highest BCUT2D eigenvalue weighted by Gasteiger charge is 2.18. The second-order valence-corrected chi connectivity index (χ2v) is 3.94. The first-order valence-corrected chi connectivity index (χ1v) is 5.31. The Kier molecular flexibility index (Phi) is 1.98. The van der Waals surface area contributed by atoms with Gasteiger partial charge in [-0.3, -0.25) is 4.99 Å². The van der Waals surface area contributed by atoms with Crippen LogP contribution in [0.25, 0.3) is 10.9 Å². The number of hydrogen-bond donors (Lipinski definition) is 0. The standard InChI is InChI=1S/C13H12N2/c1-2-4-13-10(3-1)5-6-12(15-13)9-14-11-7-8-11/h1-6,9,11H,7-8H2. The van der Waals surface area contributed by atoms with Gasteiger partial charge >= 0.3 is 0 Å². The zero-order chi connectivity index (χ0) is 10.1. The van der Waals surface area contributed by atoms with Crippen LogP contribution in [0, 0.1) is 0 Å². The first-order valence-electron chi connectivity index (χ1n) is 5.31. The van der Waals surface area contributed by atoms with Crippen LogP contribution in [0.5, 0.6) is 0 Å². The van der Waals surface area contributed by atoms with Crippen molar-refractivity contribution in [2.45, 2.75) is 18.9 Å². The van der Waals surface area contributed by atoms with E-state index in [9.17, 15) is 0 Å². The molecule has 15 heavy (non-hydrogen) atoms. The van der Waals surface area contributed by atoms with Gasteiger partial charge in [0, 0.05) is 11.6 Å². The van der Waals surface area contributed by atoms with Crippen molar-refractivity contribution in [1.82, 2.24) is 4.98 Å². The van der Waals surface area contributed by atoms with E-state index >= 15 is 0 Å². The highest BCUT2D eigenvalue weighted by Crippen LogP contribution is 2.23. The van der Waals surface area contributed by atoms with Crippen LogP contribution in [0.1, 0.15) is 18.5 Å². The smallest absolute Gasteiger partial charge is 0.0815 e. The summed E-state index contributed by atoms with van der Waals surface area (Å²) in [5.74, 6) is 0. The normalized spacial score (nSPS) is 16.3. The molecule has 1 aliphatic rings. The van der Waals surface area contributed by atoms with Crippen LogP contribution in [0.4, 0.5) is 0 Å². The molecule has 1 aliphatic carbocycles. The van der Waals surface area contributed by atoms with E-state index in [2.05, 4.69) is 22.1 Å². The number of nitrogens with zero attached hydrogens (tertiary/aromatic N) is 2. The van der Waals surface area contributed by atoms with Crippen LogP contribution in [0.3, 0.4) is 0 Å². The van der Waals surface area contributed by atoms with Crippen molar-refractivity contribution < 1.29 is 0 Å². The van der Waals surface area contributed by atoms with Crippen molar-refractivity contribution in [3.63, 3.8) is 0 Å². The number of para-hydroxylation sites is 1. The van der Waals surface area contributed by atoms with Gasteiger partial charge in [0.1, 0.15) is 0 Å². The minimum Gasteiger partial charge on any atom is -0.288 e. The Morgan fingerprint density at radius 3 is 2.87 bits per heavy atom. The molecule has 0 radical (unpaired) electrons. The van der Waals surface area contributed by atoms with E-state index in [1.807, 2.05) is 30.5 Å². The van der Waals surface area contributed by atoms with E-state index in [0.29, 0.717) is 6.04 Å². The van der Waals surface area contributed by atoms with Crippen LogP contribution in [-0.4, -0.2) is 17.2 Å². The minimum atomic E-state index is 0.568. The average molecular weight is 196 g/mol. The van der Waals surface area contributed by atoms with Crippen molar-refractivity contribution >= 4 is 17.1 Å². The lowest BCUT2D eigenvalue weighted by molar-refractivity contribution is 1.07. The third-order valence-corrected chi connectivity index (χ3v) is 2.58. The predicted octanol–water partition coefficient (Wildman–Crippen LogP) is 2.82. The number of fused-ring (bicyclic) bond motifs is 1. The Balaban J connectivity index is 1.98. The van der Waals surface area contributed by atoms with Gasteiger partial charge in [0.2, 0.25) is 0 Å². The number of benzene rings is 1. The molecule has 1 fully saturated rings. The van der Waals surface area contributed by atoms with Crippen molar-refractivity contribution in [1.29, 1.82) is 0 Å². The molecule has 0 amide bonds. The quantitative estimate of drug-likeness (QED) is 0.678. The fourth-order valence-corrected chi connectivity index (χ4v) is 1.56. The molecule has 2 aromatic rings. The third-order valence-electron chi connectivity index (χ3n) is 2.58. The van der Waals surface area contributed by atoms with Crippen molar-refractivity contribution in [3.05, 3.63) is 42.1 Å². The summed E-state index contributed by atoms with van der Waals surface area (Å²) < 4.78 is 0. The average Bonchev–Trinajstić information content (AvgIpc) is 3.10. The summed E-state index contributed by atoms with van der Waals surface area (Å²) in [6.45, 7) is 0. The number of pyridine rings is 1. The van der Waals surface area contributed by atoms with E-state index in [1.54, 1.807) is 0 Å². The van der Waals surface area contributed by atoms with Crippen LogP contribution in [0.2, 0.25) is 0 Å². The third kappa shape index (κ3) is 1.89. The summed E-state index contributed by atoms with van der Waals surface area (Å²) in [5.41, 5.74) is 2.00. The molecular weight excluding hydrogens is 184 g/mol. The molecule has 0 saturated heterocycles. The van der Waals surface area contributed by atoms with E-state index < -0.39 is 0 Å². The fourth-order valence-electron chi connectivity index (χ4n) is 1.56. The van der Waals surface area contributed by atoms with Gasteiger partial charge in [0.25, 0.3) is 0 Å². The van der Waals surface area contributed by atoms with Crippen molar-refractivity contribution in [3.8, 4) is 0 Å². The highest BCUT2D eigenvalue weighted by atomic mass is 14.8. The number of hydrogen-bond acceptors (Lipinski definition) is 2. The van der Waals surface area contributed by atoms with E-state index in [1.165, 1.54) is 18.2 Å². The second-order valence-electron chi connectivity index (χ2n) is 3.94. The fraction of sp³-hybridized carbons (Fsp3) is 0.231. The summed E-state index contributed by atoms with van der Waals surface area (Å²) in [5, 5.41) is 1.18. The largest absolute Gasteiger partial charge is 0.288 e. The van der Waals surface area contributed by atoms with Crippen LogP contribution in [-0.2, 0) is 0 Å². The Hall–Kier alpha value is -1.70. The summed E-state index contributed by atoms with van der Waals surface area (Å²) in [6, 6.07) is 12.8. The van der Waals surface area contributed by atoms with Gasteiger partial charge in [-0.05, 0) is 25.0 Å². The molecule has 3 rings (SSSR count). The van der Waals surface area contributed by atoms with E-state index in [0.717, 1.165) is 11.2 Å². The Morgan fingerprint density at radius 1 is 1.13 bits per heavy atom. The summed E-state index contributed by atoms with van der Waals surface area (Å²) >= 11 is 0. The van der Waals surface area contributed by atoms with Gasteiger partial charge < -0.3 is 0 Å². The molecule has 74 valence electrons. The maximum absolute atomic E-state index is 4.53. The Labute approximate surface area is 88.7 Å². The number of rotatable bonds is 2. The molecule has 0 aliphatic heterocycles. The first kappa shape index (κ1) is 8.60. The Morgan fingerprint density at radius 2 is 2.00 bits per heavy atom. The van der Waals surface area contributed by atoms with Crippen LogP contribution < -0.4 is 0 Å². The number of aliphatic imine (C=N–C) groups is 1. The molecule has 1 aromatic carbocycles. The first-order chi connectivity index (χ1) is 7.42. The van der Waals surface area contributed by atoms with Gasteiger partial charge in [0.05, 0.1) is 17.3 Å². The lowest BCUT2D eigenvalue weighted by atomic mass is 10.2. The highest BCUT2D eigenvalue weighted by molar-refractivity contribution is 5.85. The van der Waals surface area contributed by atoms with Crippen molar-refractivity contribution in [2.75, 3.05) is 0 Å². The molecule has 2 nitrogen and oxygen atoms in total. The van der Waals surface area contributed by atoms with E-state index in [4.69, 9.17) is 0 Å². The SMILES string of the molecule is C(=NC1CC1)c1ccc2ccccc2n1. The summed E-state index contributed by atoms with van der Waals surface area (Å²) in [6.07, 6.45) is 4.37. The molecule has 0 bridgehead atoms. The van der Waals surface area contributed by atoms with Gasteiger partial charge in [-0.15, -0.1) is 0 Å². The lowest BCUT2D eigenvalue weighted by Crippen LogP contribution is -1.89. The zero-order valence-corrected chi connectivity index (χ0v) is 8.43. The minimum absolute atomic E-state index is 0.568. The monoisotopic (exact) mass is 196 g/mol. The molecule has 1 heterocycles. The molecule has 1 aromatic heterocycles. The Bertz CT molecular complexity index is 513. The van der Waals surface area contributed by atoms with Crippen LogP contribution in [0.15, 0.2) is 41.4 Å².